The second-order valence-corrected chi connectivity index (χ2v) is 18.7. The van der Waals surface area contributed by atoms with Gasteiger partial charge in [-0.2, -0.15) is 10.2 Å². The summed E-state index contributed by atoms with van der Waals surface area (Å²) in [6.07, 6.45) is 11.4. The summed E-state index contributed by atoms with van der Waals surface area (Å²) in [7, 11) is 1.72. The van der Waals surface area contributed by atoms with Crippen LogP contribution in [0.2, 0.25) is 0 Å². The molecule has 2 saturated carbocycles. The Morgan fingerprint density at radius 3 is 2.54 bits per heavy atom. The van der Waals surface area contributed by atoms with Crippen molar-refractivity contribution in [2.24, 2.45) is 7.05 Å². The maximum Gasteiger partial charge on any atom is 0.438 e. The van der Waals surface area contributed by atoms with Crippen molar-refractivity contribution in [1.82, 2.24) is 53.1 Å². The number of imidazole rings is 2. The number of H-pyrrole nitrogens is 1. The minimum absolute atomic E-state index is 0.0439. The highest BCUT2D eigenvalue weighted by Crippen LogP contribution is 2.54. The Hall–Kier alpha value is -6.95. The van der Waals surface area contributed by atoms with E-state index in [9.17, 15) is 9.59 Å². The first-order chi connectivity index (χ1) is 31.3. The van der Waals surface area contributed by atoms with Crippen molar-refractivity contribution in [1.29, 1.82) is 0 Å². The summed E-state index contributed by atoms with van der Waals surface area (Å²) < 4.78 is 50.2. The lowest BCUT2D eigenvalue weighted by atomic mass is 9.84. The van der Waals surface area contributed by atoms with Crippen LogP contribution in [0.1, 0.15) is 122 Å². The van der Waals surface area contributed by atoms with Gasteiger partial charge in [0.15, 0.2) is 17.3 Å². The highest BCUT2D eigenvalue weighted by Gasteiger charge is 2.54. The highest BCUT2D eigenvalue weighted by molar-refractivity contribution is 5.96. The van der Waals surface area contributed by atoms with Gasteiger partial charge in [0.05, 0.1) is 56.9 Å². The first-order valence-corrected chi connectivity index (χ1v) is 22.2. The number of amides is 1. The molecule has 1 N–H and O–H groups in total. The van der Waals surface area contributed by atoms with E-state index in [0.717, 1.165) is 31.2 Å². The molecule has 4 aliphatic rings. The number of aryl methyl sites for hydroxylation is 1. The van der Waals surface area contributed by atoms with E-state index < -0.39 is 28.7 Å². The number of nitrogens with one attached hydrogen (secondary N) is 1. The summed E-state index contributed by atoms with van der Waals surface area (Å²) in [6, 6.07) is 11.6. The van der Waals surface area contributed by atoms with Crippen molar-refractivity contribution >= 4 is 22.5 Å². The van der Waals surface area contributed by atoms with Gasteiger partial charge in [0.2, 0.25) is 0 Å². The number of fused-ring (bicyclic) bond motifs is 3. The fraction of sp³-hybridized carbons (Fsp3) is 0.383. The van der Waals surface area contributed by atoms with E-state index in [1.165, 1.54) is 27.6 Å². The third-order valence-corrected chi connectivity index (χ3v) is 14.2. The van der Waals surface area contributed by atoms with Crippen LogP contribution in [-0.2, 0) is 23.6 Å². The fourth-order valence-electron chi connectivity index (χ4n) is 10.5. The molecule has 0 bridgehead atoms. The van der Waals surface area contributed by atoms with Crippen LogP contribution in [0, 0.1) is 11.6 Å². The topological polar surface area (TPSA) is 168 Å². The minimum Gasteiger partial charge on any atom is -0.376 e. The summed E-state index contributed by atoms with van der Waals surface area (Å²) >= 11 is 0. The van der Waals surface area contributed by atoms with Crippen LogP contribution in [0.25, 0.3) is 33.7 Å². The van der Waals surface area contributed by atoms with Crippen LogP contribution in [0.5, 0.6) is 0 Å². The largest absolute Gasteiger partial charge is 0.438 e. The molecule has 332 valence electrons. The van der Waals surface area contributed by atoms with Gasteiger partial charge in [-0.15, -0.1) is 0 Å². The number of benzene rings is 2. The molecular formula is C47H45F2N11O5. The van der Waals surface area contributed by atoms with E-state index in [4.69, 9.17) is 19.3 Å². The van der Waals surface area contributed by atoms with E-state index in [-0.39, 0.29) is 52.5 Å². The molecule has 65 heavy (non-hydrogen) atoms. The average Bonchev–Trinajstić information content (AvgIpc) is 4.03. The molecular weight excluding hydrogens is 837 g/mol. The van der Waals surface area contributed by atoms with Gasteiger partial charge in [0.1, 0.15) is 17.3 Å². The zero-order chi connectivity index (χ0) is 44.7. The van der Waals surface area contributed by atoms with Crippen molar-refractivity contribution in [3.63, 3.8) is 0 Å². The Morgan fingerprint density at radius 1 is 0.969 bits per heavy atom. The predicted molar refractivity (Wildman–Crippen MR) is 232 cm³/mol. The molecule has 8 aromatic rings. The Morgan fingerprint density at radius 2 is 1.78 bits per heavy atom. The number of aromatic amines is 1. The van der Waals surface area contributed by atoms with Gasteiger partial charge in [0, 0.05) is 50.8 Å². The normalized spacial score (nSPS) is 20.2. The SMILES string of the molecule is C[C@H]1c2c(nn(-c3ccc(F)c(C4CC4)c3)c2-n2ccn(-c3ccc4c(cnn4C)c3F)c2=O)CCN1C(=O)c1nc2cc([C@@H]3CCOC(C)(C)C3)ccn2c1C1(c2noc(=O)[nH]2)CC1. The van der Waals surface area contributed by atoms with Gasteiger partial charge in [-0.05, 0) is 125 Å². The van der Waals surface area contributed by atoms with Crippen LogP contribution in [-0.4, -0.2) is 77.8 Å². The lowest BCUT2D eigenvalue weighted by Gasteiger charge is -2.35. The smallest absolute Gasteiger partial charge is 0.376 e. The number of carbonyl (C=O) groups excluding carboxylic acids is 1. The van der Waals surface area contributed by atoms with Gasteiger partial charge >= 0.3 is 11.4 Å². The van der Waals surface area contributed by atoms with Crippen molar-refractivity contribution in [3.05, 3.63) is 140 Å². The zero-order valence-electron chi connectivity index (χ0n) is 36.2. The highest BCUT2D eigenvalue weighted by atomic mass is 19.1. The van der Waals surface area contributed by atoms with Crippen molar-refractivity contribution in [2.75, 3.05) is 13.2 Å². The van der Waals surface area contributed by atoms with Crippen LogP contribution >= 0.6 is 0 Å². The number of pyridine rings is 1. The lowest BCUT2D eigenvalue weighted by molar-refractivity contribution is -0.0593. The first-order valence-electron chi connectivity index (χ1n) is 22.2. The standard InChI is InChI=1S/C47H45F2N11O5/c1-25-37-33(53-60(29-7-8-32(48)30(22-29)26-5-6-26)41(37)59-19-18-57(45(59)63)35-10-9-34-31(38(35)49)24-50-55(34)4)12-17-56(25)42(61)39-40(47(14-15-47)43-52-44(62)65-54-43)58-16-11-27(21-36(58)51-39)28-13-20-64-46(2,3)23-28/h7-11,16,18-19,21-22,24-26,28H,5-6,12-15,17,20,23H2,1-4H3,(H,52,54,62)/t25-,28+/m0/s1. The van der Waals surface area contributed by atoms with Gasteiger partial charge in [-0.1, -0.05) is 5.16 Å². The lowest BCUT2D eigenvalue weighted by Crippen LogP contribution is -2.40. The summed E-state index contributed by atoms with van der Waals surface area (Å²) in [5.41, 5.74) is 3.86. The monoisotopic (exact) mass is 881 g/mol. The van der Waals surface area contributed by atoms with Crippen molar-refractivity contribution in [3.8, 4) is 17.2 Å². The number of ether oxygens (including phenoxy) is 1. The predicted octanol–water partition coefficient (Wildman–Crippen LogP) is 6.69. The summed E-state index contributed by atoms with van der Waals surface area (Å²) in [6.45, 7) is 7.00. The maximum atomic E-state index is 16.1. The minimum atomic E-state index is -0.828. The molecule has 2 aromatic carbocycles. The molecule has 0 unspecified atom stereocenters. The summed E-state index contributed by atoms with van der Waals surface area (Å²) in [4.78, 5) is 52.0. The first kappa shape index (κ1) is 39.6. The number of halogens is 2. The number of aromatic nitrogens is 10. The summed E-state index contributed by atoms with van der Waals surface area (Å²) in [5.74, 6) is -0.931. The van der Waals surface area contributed by atoms with E-state index in [0.29, 0.717) is 76.9 Å². The molecule has 0 radical (unpaired) electrons. The number of rotatable bonds is 8. The molecule has 2 aliphatic heterocycles. The molecule has 2 aliphatic carbocycles. The number of carbonyl (C=O) groups is 1. The second-order valence-electron chi connectivity index (χ2n) is 18.7. The molecule has 18 heteroatoms. The van der Waals surface area contributed by atoms with E-state index >= 15 is 13.6 Å². The van der Waals surface area contributed by atoms with Crippen LogP contribution in [0.15, 0.2) is 81.4 Å². The third-order valence-electron chi connectivity index (χ3n) is 14.2. The van der Waals surface area contributed by atoms with E-state index in [2.05, 4.69) is 35.2 Å². The van der Waals surface area contributed by atoms with E-state index in [1.807, 2.05) is 23.6 Å². The van der Waals surface area contributed by atoms with Gasteiger partial charge in [0.25, 0.3) is 5.91 Å². The molecule has 6 aromatic heterocycles. The number of nitrogens with zero attached hydrogens (tertiary/aromatic N) is 10. The van der Waals surface area contributed by atoms with Crippen LogP contribution < -0.4 is 11.4 Å². The number of hydrogen-bond donors (Lipinski definition) is 1. The maximum absolute atomic E-state index is 16.1. The molecule has 0 spiro atoms. The van der Waals surface area contributed by atoms with Crippen molar-refractivity contribution in [2.45, 2.75) is 94.6 Å². The van der Waals surface area contributed by atoms with Crippen LogP contribution in [0.4, 0.5) is 8.78 Å². The molecule has 1 saturated heterocycles. The van der Waals surface area contributed by atoms with E-state index in [1.54, 1.807) is 51.8 Å². The molecule has 12 rings (SSSR count). The molecule has 1 amide bonds. The number of hydrogen-bond acceptors (Lipinski definition) is 9. The molecule has 8 heterocycles. The molecule has 3 fully saturated rings. The Bertz CT molecular complexity index is 3390. The quantitative estimate of drug-likeness (QED) is 0.175. The average molecular weight is 882 g/mol. The Balaban J connectivity index is 0.994. The molecule has 2 atom stereocenters. The molecule has 16 nitrogen and oxygen atoms in total. The Kier molecular flexibility index (Phi) is 8.55. The van der Waals surface area contributed by atoms with Gasteiger partial charge in [-0.25, -0.2) is 28.0 Å². The van der Waals surface area contributed by atoms with Crippen LogP contribution in [0.3, 0.4) is 0 Å². The zero-order valence-corrected chi connectivity index (χ0v) is 36.2. The van der Waals surface area contributed by atoms with Crippen molar-refractivity contribution < 1.29 is 22.8 Å². The fourth-order valence-corrected chi connectivity index (χ4v) is 10.5. The van der Waals surface area contributed by atoms with Gasteiger partial charge in [-0.3, -0.25) is 28.1 Å². The Labute approximate surface area is 369 Å². The summed E-state index contributed by atoms with van der Waals surface area (Å²) in [5, 5.41) is 13.7. The van der Waals surface area contributed by atoms with Gasteiger partial charge < -0.3 is 14.0 Å². The second kappa shape index (κ2) is 14.0. The third kappa shape index (κ3) is 6.12.